The minimum absolute atomic E-state index is 0.0262. The maximum Gasteiger partial charge on any atom is 0.246 e. The molecule has 1 saturated heterocycles. The Bertz CT molecular complexity index is 1540. The first-order valence-corrected chi connectivity index (χ1v) is 11.3. The van der Waals surface area contributed by atoms with Gasteiger partial charge in [-0.3, -0.25) is 4.79 Å². The topological polar surface area (TPSA) is 99.2 Å². The third kappa shape index (κ3) is 4.46. The number of amides is 1. The molecule has 1 aliphatic rings. The number of hydrogen-bond donors (Lipinski definition) is 1. The molecule has 5 rings (SSSR count). The fourth-order valence-electron chi connectivity index (χ4n) is 4.41. The number of rotatable bonds is 5. The first kappa shape index (κ1) is 24.2. The summed E-state index contributed by atoms with van der Waals surface area (Å²) in [5, 5.41) is 4.93. The second-order valence-corrected chi connectivity index (χ2v) is 8.48. The smallest absolute Gasteiger partial charge is 0.246 e. The number of likely N-dealkylation sites (tertiary alicyclic amines) is 1. The average molecular weight is 512 g/mol. The Hall–Kier alpha value is -4.48. The summed E-state index contributed by atoms with van der Waals surface area (Å²) in [6, 6.07) is 4.34. The zero-order valence-electron chi connectivity index (χ0n) is 19.3. The summed E-state index contributed by atoms with van der Waals surface area (Å²) in [4.78, 5) is 22.1. The number of anilines is 1. The molecule has 37 heavy (non-hydrogen) atoms. The molecule has 2 N–H and O–H groups in total. The SMILES string of the molecule is C=CC(=O)N1CCCC(n2nc(-c3ccc(Oc4cc(F)cc(F)c4F)cc3F)c3c(N)ncnc32)C1. The van der Waals surface area contributed by atoms with Gasteiger partial charge in [0.05, 0.1) is 11.4 Å². The first-order chi connectivity index (χ1) is 17.8. The first-order valence-electron chi connectivity index (χ1n) is 11.3. The van der Waals surface area contributed by atoms with Gasteiger partial charge in [-0.25, -0.2) is 27.8 Å². The van der Waals surface area contributed by atoms with Crippen LogP contribution in [0.3, 0.4) is 0 Å². The van der Waals surface area contributed by atoms with Crippen LogP contribution in [0.1, 0.15) is 18.9 Å². The van der Waals surface area contributed by atoms with Crippen LogP contribution < -0.4 is 10.5 Å². The number of hydrogen-bond acceptors (Lipinski definition) is 6. The Labute approximate surface area is 208 Å². The maximum atomic E-state index is 15.3. The van der Waals surface area contributed by atoms with Crippen LogP contribution in [0, 0.1) is 23.3 Å². The summed E-state index contributed by atoms with van der Waals surface area (Å²) < 4.78 is 63.1. The summed E-state index contributed by atoms with van der Waals surface area (Å²) in [5.41, 5.74) is 6.68. The van der Waals surface area contributed by atoms with E-state index < -0.39 is 29.0 Å². The Morgan fingerprint density at radius 3 is 2.70 bits per heavy atom. The van der Waals surface area contributed by atoms with E-state index in [1.807, 2.05) is 0 Å². The van der Waals surface area contributed by atoms with E-state index in [9.17, 15) is 18.0 Å². The highest BCUT2D eigenvalue weighted by molar-refractivity contribution is 5.98. The van der Waals surface area contributed by atoms with Gasteiger partial charge in [0.2, 0.25) is 11.7 Å². The molecule has 4 aromatic rings. The van der Waals surface area contributed by atoms with Crippen molar-refractivity contribution in [2.75, 3.05) is 18.8 Å². The lowest BCUT2D eigenvalue weighted by atomic mass is 10.1. The minimum atomic E-state index is -1.43. The fraction of sp³-hybridized carbons (Fsp3) is 0.200. The predicted octanol–water partition coefficient (Wildman–Crippen LogP) is 4.77. The normalized spacial score (nSPS) is 15.7. The van der Waals surface area contributed by atoms with Crippen LogP contribution >= 0.6 is 0 Å². The number of nitrogens with zero attached hydrogens (tertiary/aromatic N) is 5. The molecule has 1 atom stereocenters. The van der Waals surface area contributed by atoms with Crippen molar-refractivity contribution in [1.29, 1.82) is 0 Å². The van der Waals surface area contributed by atoms with Gasteiger partial charge < -0.3 is 15.4 Å². The lowest BCUT2D eigenvalue weighted by Crippen LogP contribution is -2.40. The number of carbonyl (C=O) groups is 1. The second kappa shape index (κ2) is 9.52. The van der Waals surface area contributed by atoms with Crippen molar-refractivity contribution in [2.45, 2.75) is 18.9 Å². The van der Waals surface area contributed by atoms with Gasteiger partial charge in [0.1, 0.15) is 35.2 Å². The molecule has 2 aromatic heterocycles. The Morgan fingerprint density at radius 1 is 1.14 bits per heavy atom. The molecule has 0 bridgehead atoms. The van der Waals surface area contributed by atoms with E-state index in [1.54, 1.807) is 9.58 Å². The molecule has 190 valence electrons. The van der Waals surface area contributed by atoms with Crippen molar-refractivity contribution >= 4 is 22.8 Å². The number of benzene rings is 2. The van der Waals surface area contributed by atoms with Crippen LogP contribution in [-0.4, -0.2) is 43.6 Å². The summed E-state index contributed by atoms with van der Waals surface area (Å²) in [5.74, 6) is -5.74. The number of nitrogens with two attached hydrogens (primary N) is 1. The molecule has 3 heterocycles. The van der Waals surface area contributed by atoms with Gasteiger partial charge in [-0.05, 0) is 31.1 Å². The summed E-state index contributed by atoms with van der Waals surface area (Å²) in [7, 11) is 0. The van der Waals surface area contributed by atoms with Crippen LogP contribution in [-0.2, 0) is 4.79 Å². The van der Waals surface area contributed by atoms with Gasteiger partial charge in [0.25, 0.3) is 0 Å². The van der Waals surface area contributed by atoms with Gasteiger partial charge in [-0.1, -0.05) is 6.58 Å². The molecule has 8 nitrogen and oxygen atoms in total. The lowest BCUT2D eigenvalue weighted by molar-refractivity contribution is -0.127. The van der Waals surface area contributed by atoms with Crippen LogP contribution in [0.4, 0.5) is 23.4 Å². The van der Waals surface area contributed by atoms with Gasteiger partial charge in [-0.15, -0.1) is 0 Å². The summed E-state index contributed by atoms with van der Waals surface area (Å²) >= 11 is 0. The predicted molar refractivity (Wildman–Crippen MR) is 127 cm³/mol. The third-order valence-corrected chi connectivity index (χ3v) is 6.13. The standard InChI is InChI=1S/C25H20F4N6O2/c1-2-20(36)34-7-3-4-14(11-34)35-25-21(24(30)31-12-32-25)23(33-35)16-6-5-15(10-17(16)27)37-19-9-13(26)8-18(28)22(19)29/h2,5-6,8-10,12,14H,1,3-4,7,11H2,(H2,30,31,32). The molecule has 1 fully saturated rings. The third-order valence-electron chi connectivity index (χ3n) is 6.13. The zero-order chi connectivity index (χ0) is 26.3. The number of piperidine rings is 1. The van der Waals surface area contributed by atoms with Crippen molar-refractivity contribution in [3.63, 3.8) is 0 Å². The average Bonchev–Trinajstić information content (AvgIpc) is 3.27. The molecular weight excluding hydrogens is 492 g/mol. The number of fused-ring (bicyclic) bond motifs is 1. The number of carbonyl (C=O) groups excluding carboxylic acids is 1. The van der Waals surface area contributed by atoms with Crippen LogP contribution in [0.15, 0.2) is 49.3 Å². The lowest BCUT2D eigenvalue weighted by Gasteiger charge is -2.32. The highest BCUT2D eigenvalue weighted by Gasteiger charge is 2.28. The Kier molecular flexibility index (Phi) is 6.24. The number of ether oxygens (including phenoxy) is 1. The highest BCUT2D eigenvalue weighted by Crippen LogP contribution is 2.37. The molecule has 0 spiro atoms. The van der Waals surface area contributed by atoms with E-state index in [0.717, 1.165) is 12.5 Å². The number of nitrogen functional groups attached to an aromatic ring is 1. The number of aromatic nitrogens is 4. The monoisotopic (exact) mass is 512 g/mol. The van der Waals surface area contributed by atoms with E-state index in [2.05, 4.69) is 21.6 Å². The molecule has 0 radical (unpaired) electrons. The maximum absolute atomic E-state index is 15.3. The highest BCUT2D eigenvalue weighted by atomic mass is 19.2. The Morgan fingerprint density at radius 2 is 1.95 bits per heavy atom. The van der Waals surface area contributed by atoms with Gasteiger partial charge in [-0.2, -0.15) is 9.49 Å². The van der Waals surface area contributed by atoms with Gasteiger partial charge >= 0.3 is 0 Å². The van der Waals surface area contributed by atoms with Crippen molar-refractivity contribution in [3.8, 4) is 22.8 Å². The van der Waals surface area contributed by atoms with E-state index in [-0.39, 0.29) is 34.8 Å². The molecule has 0 saturated carbocycles. The zero-order valence-corrected chi connectivity index (χ0v) is 19.3. The van der Waals surface area contributed by atoms with Crippen LogP contribution in [0.25, 0.3) is 22.3 Å². The second-order valence-electron chi connectivity index (χ2n) is 8.48. The molecule has 1 aliphatic heterocycles. The summed E-state index contributed by atoms with van der Waals surface area (Å²) in [6.45, 7) is 4.47. The largest absolute Gasteiger partial charge is 0.454 e. The van der Waals surface area contributed by atoms with Crippen molar-refractivity contribution in [2.24, 2.45) is 0 Å². The fourth-order valence-corrected chi connectivity index (χ4v) is 4.41. The van der Waals surface area contributed by atoms with E-state index in [0.29, 0.717) is 42.7 Å². The molecule has 1 unspecified atom stereocenters. The Balaban J connectivity index is 1.54. The van der Waals surface area contributed by atoms with Gasteiger partial charge in [0.15, 0.2) is 17.2 Å². The quantitative estimate of drug-likeness (QED) is 0.235. The van der Waals surface area contributed by atoms with E-state index in [4.69, 9.17) is 10.5 Å². The molecule has 0 aliphatic carbocycles. The molecular formula is C25H20F4N6O2. The van der Waals surface area contributed by atoms with Crippen molar-refractivity contribution < 1.29 is 27.1 Å². The molecule has 2 aromatic carbocycles. The number of halogens is 4. The van der Waals surface area contributed by atoms with E-state index in [1.165, 1.54) is 24.5 Å². The van der Waals surface area contributed by atoms with E-state index >= 15 is 4.39 Å². The minimum Gasteiger partial charge on any atom is -0.454 e. The molecule has 12 heteroatoms. The van der Waals surface area contributed by atoms with Gasteiger partial charge in [0, 0.05) is 36.9 Å². The van der Waals surface area contributed by atoms with Crippen LogP contribution in [0.5, 0.6) is 11.5 Å². The van der Waals surface area contributed by atoms with Crippen molar-refractivity contribution in [3.05, 3.63) is 72.6 Å². The van der Waals surface area contributed by atoms with Crippen LogP contribution in [0.2, 0.25) is 0 Å². The van der Waals surface area contributed by atoms with Crippen molar-refractivity contribution in [1.82, 2.24) is 24.6 Å². The molecule has 1 amide bonds. The summed E-state index contributed by atoms with van der Waals surface area (Å²) in [6.07, 6.45) is 3.94.